The van der Waals surface area contributed by atoms with Gasteiger partial charge in [-0.3, -0.25) is 0 Å². The van der Waals surface area contributed by atoms with Gasteiger partial charge in [-0.1, -0.05) is 60.1 Å². The molecule has 0 amide bonds. The van der Waals surface area contributed by atoms with Crippen LogP contribution in [0.5, 0.6) is 11.5 Å². The SMILES string of the molecule is COc1cc(C2C(C(=O)OC3CCCCC3)=C(C)Nc3nc(SCc4ccccc4Cl)nn32)cc(Br)c1OCc1cc(C)c(C)cc1C. The number of allylic oxidation sites excluding steroid dienone is 1. The molecule has 1 N–H and O–H groups in total. The van der Waals surface area contributed by atoms with Gasteiger partial charge in [-0.25, -0.2) is 9.48 Å². The minimum Gasteiger partial charge on any atom is -0.493 e. The fourth-order valence-corrected chi connectivity index (χ4v) is 7.97. The van der Waals surface area contributed by atoms with Gasteiger partial charge in [-0.15, -0.1) is 5.10 Å². The summed E-state index contributed by atoms with van der Waals surface area (Å²) in [6.07, 6.45) is 4.94. The summed E-state index contributed by atoms with van der Waals surface area (Å²) in [6, 6.07) is 15.3. The van der Waals surface area contributed by atoms with Crippen LogP contribution in [-0.2, 0) is 21.9 Å². The van der Waals surface area contributed by atoms with E-state index in [1.165, 1.54) is 34.9 Å². The Labute approximate surface area is 299 Å². The summed E-state index contributed by atoms with van der Waals surface area (Å²) < 4.78 is 20.9. The van der Waals surface area contributed by atoms with E-state index < -0.39 is 6.04 Å². The number of aryl methyl sites for hydroxylation is 3. The zero-order chi connectivity index (χ0) is 33.9. The fourth-order valence-electron chi connectivity index (χ4n) is 6.28. The molecule has 1 aromatic heterocycles. The molecule has 6 rings (SSSR count). The van der Waals surface area contributed by atoms with Crippen molar-refractivity contribution in [2.45, 2.75) is 89.5 Å². The summed E-state index contributed by atoms with van der Waals surface area (Å²) in [5, 5.41) is 9.49. The highest BCUT2D eigenvalue weighted by atomic mass is 79.9. The summed E-state index contributed by atoms with van der Waals surface area (Å²) in [5.41, 5.74) is 7.66. The predicted octanol–water partition coefficient (Wildman–Crippen LogP) is 9.66. The van der Waals surface area contributed by atoms with Crippen molar-refractivity contribution in [1.82, 2.24) is 14.8 Å². The van der Waals surface area contributed by atoms with Gasteiger partial charge in [0.05, 0.1) is 17.2 Å². The third kappa shape index (κ3) is 7.40. The number of aromatic nitrogens is 3. The molecule has 0 bridgehead atoms. The molecule has 0 radical (unpaired) electrons. The Hall–Kier alpha value is -3.47. The third-order valence-corrected chi connectivity index (χ3v) is 10.9. The van der Waals surface area contributed by atoms with E-state index in [4.69, 9.17) is 35.9 Å². The number of carbonyl (C=O) groups excluding carboxylic acids is 1. The minimum absolute atomic E-state index is 0.100. The molecule has 2 heterocycles. The quantitative estimate of drug-likeness (QED) is 0.127. The Kier molecular flexibility index (Phi) is 10.7. The number of fused-ring (bicyclic) bond motifs is 1. The molecule has 1 saturated carbocycles. The summed E-state index contributed by atoms with van der Waals surface area (Å²) in [6.45, 7) is 8.58. The molecule has 1 atom stereocenters. The van der Waals surface area contributed by atoms with Crippen molar-refractivity contribution in [2.75, 3.05) is 12.4 Å². The number of nitrogens with one attached hydrogen (secondary N) is 1. The molecule has 4 aromatic rings. The highest BCUT2D eigenvalue weighted by Gasteiger charge is 2.37. The Balaban J connectivity index is 1.35. The molecule has 2 aliphatic rings. The van der Waals surface area contributed by atoms with Gasteiger partial charge in [0.15, 0.2) is 11.5 Å². The van der Waals surface area contributed by atoms with E-state index in [0.29, 0.717) is 55.7 Å². The monoisotopic (exact) mass is 750 g/mol. The van der Waals surface area contributed by atoms with Gasteiger partial charge in [0, 0.05) is 16.5 Å². The molecule has 8 nitrogen and oxygen atoms in total. The van der Waals surface area contributed by atoms with Crippen LogP contribution in [0.2, 0.25) is 5.02 Å². The van der Waals surface area contributed by atoms with E-state index in [9.17, 15) is 4.79 Å². The maximum Gasteiger partial charge on any atom is 0.338 e. The first-order valence-corrected chi connectivity index (χ1v) is 18.4. The van der Waals surface area contributed by atoms with Crippen molar-refractivity contribution in [3.8, 4) is 11.5 Å². The van der Waals surface area contributed by atoms with Gasteiger partial charge in [0.2, 0.25) is 11.1 Å². The number of benzene rings is 3. The first kappa shape index (κ1) is 34.4. The highest BCUT2D eigenvalue weighted by Crippen LogP contribution is 2.44. The van der Waals surface area contributed by atoms with E-state index >= 15 is 0 Å². The van der Waals surface area contributed by atoms with Crippen molar-refractivity contribution in [2.24, 2.45) is 0 Å². The Morgan fingerprint density at radius 1 is 1.02 bits per heavy atom. The number of hydrogen-bond acceptors (Lipinski definition) is 8. The number of nitrogens with zero attached hydrogens (tertiary/aromatic N) is 3. The lowest BCUT2D eigenvalue weighted by atomic mass is 9.94. The molecule has 48 heavy (non-hydrogen) atoms. The molecular formula is C37H40BrClN4O4S. The van der Waals surface area contributed by atoms with Crippen LogP contribution in [0.4, 0.5) is 5.95 Å². The molecule has 252 valence electrons. The molecule has 0 spiro atoms. The number of rotatable bonds is 10. The summed E-state index contributed by atoms with van der Waals surface area (Å²) >= 11 is 11.7. The van der Waals surface area contributed by atoms with Gasteiger partial charge in [0.25, 0.3) is 0 Å². The Morgan fingerprint density at radius 3 is 2.52 bits per heavy atom. The van der Waals surface area contributed by atoms with Crippen molar-refractivity contribution in [3.63, 3.8) is 0 Å². The lowest BCUT2D eigenvalue weighted by Gasteiger charge is -2.30. The lowest BCUT2D eigenvalue weighted by Crippen LogP contribution is -2.32. The number of carbonyl (C=O) groups is 1. The fraction of sp³-hybridized carbons (Fsp3) is 0.378. The normalized spacial score (nSPS) is 16.4. The topological polar surface area (TPSA) is 87.5 Å². The highest BCUT2D eigenvalue weighted by molar-refractivity contribution is 9.10. The van der Waals surface area contributed by atoms with Gasteiger partial charge >= 0.3 is 5.97 Å². The lowest BCUT2D eigenvalue weighted by molar-refractivity contribution is -0.146. The summed E-state index contributed by atoms with van der Waals surface area (Å²) in [7, 11) is 1.62. The average Bonchev–Trinajstić information content (AvgIpc) is 3.47. The predicted molar refractivity (Wildman–Crippen MR) is 194 cm³/mol. The summed E-state index contributed by atoms with van der Waals surface area (Å²) in [5.74, 6) is 1.89. The Morgan fingerprint density at radius 2 is 1.77 bits per heavy atom. The van der Waals surface area contributed by atoms with Crippen LogP contribution in [0.1, 0.15) is 78.5 Å². The van der Waals surface area contributed by atoms with E-state index in [1.54, 1.807) is 11.8 Å². The first-order valence-electron chi connectivity index (χ1n) is 16.2. The number of anilines is 1. The molecule has 11 heteroatoms. The largest absolute Gasteiger partial charge is 0.493 e. The van der Waals surface area contributed by atoms with Gasteiger partial charge in [-0.2, -0.15) is 4.98 Å². The first-order chi connectivity index (χ1) is 23.1. The van der Waals surface area contributed by atoms with Crippen LogP contribution in [0, 0.1) is 20.8 Å². The van der Waals surface area contributed by atoms with E-state index in [1.807, 2.05) is 43.3 Å². The maximum absolute atomic E-state index is 14.0. The molecule has 1 aliphatic carbocycles. The maximum atomic E-state index is 14.0. The van der Waals surface area contributed by atoms with Crippen LogP contribution in [0.15, 0.2) is 69.4 Å². The van der Waals surface area contributed by atoms with Crippen LogP contribution in [0.25, 0.3) is 0 Å². The van der Waals surface area contributed by atoms with E-state index in [0.717, 1.165) is 42.4 Å². The second-order valence-corrected chi connectivity index (χ2v) is 14.7. The standard InChI is InChI=1S/C37H40BrClN4O4S/c1-21-15-23(3)27(16-22(21)2)19-46-34-29(38)17-26(18-31(34)45-5)33-32(35(44)47-28-12-7-6-8-13-28)24(4)40-36-41-37(42-43(33)36)48-20-25-11-9-10-14-30(25)39/h9-11,14-18,28,33H,6-8,12-13,19-20H2,1-5H3,(H,40,41,42). The number of hydrogen-bond donors (Lipinski definition) is 1. The zero-order valence-corrected chi connectivity index (χ0v) is 31.0. The molecule has 1 unspecified atom stereocenters. The zero-order valence-electron chi connectivity index (χ0n) is 27.9. The second kappa shape index (κ2) is 15.0. The average molecular weight is 752 g/mol. The number of esters is 1. The van der Waals surface area contributed by atoms with Crippen LogP contribution in [0.3, 0.4) is 0 Å². The molecule has 1 aliphatic heterocycles. The van der Waals surface area contributed by atoms with Gasteiger partial charge in [0.1, 0.15) is 18.8 Å². The molecule has 0 saturated heterocycles. The second-order valence-electron chi connectivity index (χ2n) is 12.5. The molecular weight excluding hydrogens is 712 g/mol. The number of halogens is 2. The van der Waals surface area contributed by atoms with Crippen LogP contribution < -0.4 is 14.8 Å². The number of methoxy groups -OCH3 is 1. The van der Waals surface area contributed by atoms with E-state index in [-0.39, 0.29) is 12.1 Å². The van der Waals surface area contributed by atoms with E-state index in [2.05, 4.69) is 54.2 Å². The Bertz CT molecular complexity index is 1870. The third-order valence-electron chi connectivity index (χ3n) is 9.09. The van der Waals surface area contributed by atoms with Gasteiger partial charge in [-0.05, 0) is 121 Å². The minimum atomic E-state index is -0.624. The smallest absolute Gasteiger partial charge is 0.338 e. The van der Waals surface area contributed by atoms with Crippen molar-refractivity contribution in [1.29, 1.82) is 0 Å². The van der Waals surface area contributed by atoms with Crippen LogP contribution in [-0.4, -0.2) is 33.9 Å². The van der Waals surface area contributed by atoms with Crippen molar-refractivity contribution >= 4 is 51.2 Å². The molecule has 3 aromatic carbocycles. The summed E-state index contributed by atoms with van der Waals surface area (Å²) in [4.78, 5) is 18.8. The van der Waals surface area contributed by atoms with Gasteiger partial charge < -0.3 is 19.5 Å². The molecule has 1 fully saturated rings. The van der Waals surface area contributed by atoms with Crippen LogP contribution >= 0.6 is 39.3 Å². The number of thioether (sulfide) groups is 1. The number of ether oxygens (including phenoxy) is 3. The van der Waals surface area contributed by atoms with Crippen molar-refractivity contribution in [3.05, 3.63) is 103 Å². The van der Waals surface area contributed by atoms with Crippen molar-refractivity contribution < 1.29 is 19.0 Å².